The van der Waals surface area contributed by atoms with Crippen molar-refractivity contribution in [3.05, 3.63) is 23.5 Å². The number of aromatic nitrogens is 1. The molecule has 1 heterocycles. The lowest BCUT2D eigenvalue weighted by Gasteiger charge is -1.96. The standard InChI is InChI=1S/C9H9NO2/c1-3-7-5-8(10-6-7)9(11)12-4-2/h1,5-6,10H,4H2,2H3. The van der Waals surface area contributed by atoms with Crippen LogP contribution in [0.3, 0.4) is 0 Å². The van der Waals surface area contributed by atoms with Crippen molar-refractivity contribution in [2.24, 2.45) is 0 Å². The van der Waals surface area contributed by atoms with Crippen molar-refractivity contribution in [3.8, 4) is 12.3 Å². The Morgan fingerprint density at radius 1 is 1.83 bits per heavy atom. The molecule has 1 aromatic heterocycles. The highest BCUT2D eigenvalue weighted by atomic mass is 16.5. The Morgan fingerprint density at radius 3 is 3.08 bits per heavy atom. The third-order valence-corrected chi connectivity index (χ3v) is 1.35. The largest absolute Gasteiger partial charge is 0.461 e. The Labute approximate surface area is 70.7 Å². The third kappa shape index (κ3) is 1.67. The summed E-state index contributed by atoms with van der Waals surface area (Å²) >= 11 is 0. The van der Waals surface area contributed by atoms with E-state index in [4.69, 9.17) is 11.2 Å². The topological polar surface area (TPSA) is 42.1 Å². The minimum Gasteiger partial charge on any atom is -0.461 e. The van der Waals surface area contributed by atoms with Crippen molar-refractivity contribution < 1.29 is 9.53 Å². The zero-order valence-electron chi connectivity index (χ0n) is 6.76. The van der Waals surface area contributed by atoms with Crippen molar-refractivity contribution in [2.75, 3.05) is 6.61 Å². The Bertz CT molecular complexity index is 320. The van der Waals surface area contributed by atoms with Crippen LogP contribution in [0.5, 0.6) is 0 Å². The number of hydrogen-bond acceptors (Lipinski definition) is 2. The van der Waals surface area contributed by atoms with Crippen LogP contribution in [-0.2, 0) is 4.74 Å². The minimum absolute atomic E-state index is 0.364. The van der Waals surface area contributed by atoms with Gasteiger partial charge < -0.3 is 9.72 Å². The zero-order valence-corrected chi connectivity index (χ0v) is 6.76. The second-order valence-electron chi connectivity index (χ2n) is 2.17. The van der Waals surface area contributed by atoms with Gasteiger partial charge in [-0.1, -0.05) is 5.92 Å². The fourth-order valence-corrected chi connectivity index (χ4v) is 0.804. The molecule has 0 radical (unpaired) electrons. The maximum absolute atomic E-state index is 11.1. The number of ether oxygens (including phenoxy) is 1. The summed E-state index contributed by atoms with van der Waals surface area (Å²) in [6.07, 6.45) is 6.70. The average molecular weight is 163 g/mol. The first-order chi connectivity index (χ1) is 5.77. The molecular formula is C9H9NO2. The number of H-pyrrole nitrogens is 1. The summed E-state index contributed by atoms with van der Waals surface area (Å²) in [5, 5.41) is 0. The van der Waals surface area contributed by atoms with Crippen LogP contribution in [0.2, 0.25) is 0 Å². The molecule has 3 heteroatoms. The van der Waals surface area contributed by atoms with Gasteiger partial charge in [-0.25, -0.2) is 4.79 Å². The molecule has 1 N–H and O–H groups in total. The van der Waals surface area contributed by atoms with E-state index in [1.807, 2.05) is 0 Å². The number of terminal acetylenes is 1. The first-order valence-electron chi connectivity index (χ1n) is 3.60. The van der Waals surface area contributed by atoms with Gasteiger partial charge in [0.25, 0.3) is 0 Å². The van der Waals surface area contributed by atoms with Gasteiger partial charge in [-0.2, -0.15) is 0 Å². The van der Waals surface area contributed by atoms with Gasteiger partial charge in [0.05, 0.1) is 6.61 Å². The summed E-state index contributed by atoms with van der Waals surface area (Å²) in [6.45, 7) is 2.12. The molecule has 0 amide bonds. The van der Waals surface area contributed by atoms with E-state index in [1.165, 1.54) is 0 Å². The predicted molar refractivity (Wildman–Crippen MR) is 44.7 cm³/mol. The number of hydrogen-bond donors (Lipinski definition) is 1. The van der Waals surface area contributed by atoms with Crippen molar-refractivity contribution in [3.63, 3.8) is 0 Å². The Kier molecular flexibility index (Phi) is 2.54. The molecule has 0 unspecified atom stereocenters. The van der Waals surface area contributed by atoms with Gasteiger partial charge in [0.2, 0.25) is 0 Å². The van der Waals surface area contributed by atoms with Crippen LogP contribution in [0.15, 0.2) is 12.3 Å². The molecule has 0 bridgehead atoms. The van der Waals surface area contributed by atoms with Crippen molar-refractivity contribution >= 4 is 5.97 Å². The highest BCUT2D eigenvalue weighted by Crippen LogP contribution is 2.02. The van der Waals surface area contributed by atoms with Crippen molar-refractivity contribution in [1.82, 2.24) is 4.98 Å². The maximum Gasteiger partial charge on any atom is 0.354 e. The van der Waals surface area contributed by atoms with Crippen LogP contribution in [0.1, 0.15) is 23.0 Å². The molecule has 0 fully saturated rings. The number of rotatable bonds is 2. The van der Waals surface area contributed by atoms with Crippen molar-refractivity contribution in [1.29, 1.82) is 0 Å². The molecule has 12 heavy (non-hydrogen) atoms. The molecule has 3 nitrogen and oxygen atoms in total. The highest BCUT2D eigenvalue weighted by Gasteiger charge is 2.07. The molecule has 62 valence electrons. The van der Waals surface area contributed by atoms with E-state index in [0.717, 1.165) is 0 Å². The smallest absolute Gasteiger partial charge is 0.354 e. The number of carbonyl (C=O) groups excluding carboxylic acids is 1. The number of carbonyl (C=O) groups is 1. The monoisotopic (exact) mass is 163 g/mol. The Balaban J connectivity index is 2.76. The number of aromatic amines is 1. The summed E-state index contributed by atoms with van der Waals surface area (Å²) in [5.41, 5.74) is 1.04. The number of esters is 1. The van der Waals surface area contributed by atoms with E-state index in [1.54, 1.807) is 19.2 Å². The normalized spacial score (nSPS) is 9.00. The van der Waals surface area contributed by atoms with Crippen LogP contribution in [0.4, 0.5) is 0 Å². The lowest BCUT2D eigenvalue weighted by atomic mass is 10.3. The molecule has 0 saturated carbocycles. The molecule has 0 atom stereocenters. The first-order valence-corrected chi connectivity index (χ1v) is 3.60. The van der Waals surface area contributed by atoms with Gasteiger partial charge >= 0.3 is 5.97 Å². The number of nitrogens with one attached hydrogen (secondary N) is 1. The zero-order chi connectivity index (χ0) is 8.97. The third-order valence-electron chi connectivity index (χ3n) is 1.35. The van der Waals surface area contributed by atoms with E-state index in [2.05, 4.69) is 10.9 Å². The van der Waals surface area contributed by atoms with Gasteiger partial charge in [-0.3, -0.25) is 0 Å². The Hall–Kier alpha value is -1.69. The minimum atomic E-state index is -0.376. The van der Waals surface area contributed by atoms with Gasteiger partial charge in [0.15, 0.2) is 0 Å². The fraction of sp³-hybridized carbons (Fsp3) is 0.222. The summed E-state index contributed by atoms with van der Waals surface area (Å²) in [7, 11) is 0. The fourth-order valence-electron chi connectivity index (χ4n) is 0.804. The van der Waals surface area contributed by atoms with E-state index in [9.17, 15) is 4.79 Å². The summed E-state index contributed by atoms with van der Waals surface area (Å²) in [6, 6.07) is 1.58. The molecule has 1 rings (SSSR count). The second-order valence-corrected chi connectivity index (χ2v) is 2.17. The molecule has 0 aromatic carbocycles. The van der Waals surface area contributed by atoms with E-state index in [0.29, 0.717) is 17.9 Å². The van der Waals surface area contributed by atoms with Crippen LogP contribution >= 0.6 is 0 Å². The van der Waals surface area contributed by atoms with Crippen LogP contribution < -0.4 is 0 Å². The first kappa shape index (κ1) is 8.41. The maximum atomic E-state index is 11.1. The molecular weight excluding hydrogens is 154 g/mol. The Morgan fingerprint density at radius 2 is 2.58 bits per heavy atom. The van der Waals surface area contributed by atoms with Gasteiger partial charge in [-0.05, 0) is 13.0 Å². The molecule has 0 spiro atoms. The quantitative estimate of drug-likeness (QED) is 0.525. The van der Waals surface area contributed by atoms with Crippen LogP contribution in [-0.4, -0.2) is 17.6 Å². The molecule has 0 saturated heterocycles. The van der Waals surface area contributed by atoms with Gasteiger partial charge in [-0.15, -0.1) is 6.42 Å². The molecule has 0 aliphatic heterocycles. The van der Waals surface area contributed by atoms with Gasteiger partial charge in [0.1, 0.15) is 5.69 Å². The summed E-state index contributed by atoms with van der Waals surface area (Å²) in [5.74, 6) is 2.03. The van der Waals surface area contributed by atoms with Crippen LogP contribution in [0, 0.1) is 12.3 Å². The van der Waals surface area contributed by atoms with E-state index in [-0.39, 0.29) is 5.97 Å². The highest BCUT2D eigenvalue weighted by molar-refractivity contribution is 5.87. The van der Waals surface area contributed by atoms with Crippen molar-refractivity contribution in [2.45, 2.75) is 6.92 Å². The van der Waals surface area contributed by atoms with Gasteiger partial charge in [0, 0.05) is 11.8 Å². The lowest BCUT2D eigenvalue weighted by Crippen LogP contribution is -2.04. The lowest BCUT2D eigenvalue weighted by molar-refractivity contribution is 0.0520. The van der Waals surface area contributed by atoms with E-state index < -0.39 is 0 Å². The molecule has 0 aliphatic rings. The average Bonchev–Trinajstić information content (AvgIpc) is 2.52. The summed E-state index contributed by atoms with van der Waals surface area (Å²) in [4.78, 5) is 13.8. The molecule has 1 aromatic rings. The second kappa shape index (κ2) is 3.63. The predicted octanol–water partition coefficient (Wildman–Crippen LogP) is 1.17. The van der Waals surface area contributed by atoms with E-state index >= 15 is 0 Å². The summed E-state index contributed by atoms with van der Waals surface area (Å²) < 4.78 is 4.75. The van der Waals surface area contributed by atoms with Crippen LogP contribution in [0.25, 0.3) is 0 Å². The molecule has 0 aliphatic carbocycles. The SMILES string of the molecule is C#Cc1c[nH]c(C(=O)OCC)c1.